The number of nitrogens with zero attached hydrogens (tertiary/aromatic N) is 3. The van der Waals surface area contributed by atoms with E-state index in [0.717, 1.165) is 0 Å². The van der Waals surface area contributed by atoms with Crippen LogP contribution in [0.5, 0.6) is 0 Å². The normalized spacial score (nSPS) is 11.9. The number of hydrogen-bond acceptors (Lipinski definition) is 6. The molecule has 0 spiro atoms. The number of aliphatic hydroxyl groups excluding tert-OH is 2. The molecule has 0 radical (unpaired) electrons. The number of nitrogens with one attached hydrogen (secondary N) is 1. The van der Waals surface area contributed by atoms with Crippen LogP contribution in [0.25, 0.3) is 0 Å². The van der Waals surface area contributed by atoms with Gasteiger partial charge >= 0.3 is 5.69 Å². The Bertz CT molecular complexity index is 466. The van der Waals surface area contributed by atoms with Gasteiger partial charge in [-0.2, -0.15) is 5.10 Å². The molecule has 8 heteroatoms. The van der Waals surface area contributed by atoms with Crippen LogP contribution in [0.2, 0.25) is 0 Å². The smallest absolute Gasteiger partial charge is 0.334 e. The van der Waals surface area contributed by atoms with Crippen molar-refractivity contribution >= 4 is 11.5 Å². The van der Waals surface area contributed by atoms with Gasteiger partial charge in [0.2, 0.25) is 5.82 Å². The van der Waals surface area contributed by atoms with Gasteiger partial charge in [0.25, 0.3) is 0 Å². The van der Waals surface area contributed by atoms with E-state index in [1.807, 2.05) is 13.8 Å². The summed E-state index contributed by atoms with van der Waals surface area (Å²) in [6.45, 7) is 4.48. The van der Waals surface area contributed by atoms with Crippen LogP contribution >= 0.6 is 0 Å². The molecule has 0 aliphatic heterocycles. The van der Waals surface area contributed by atoms with Crippen LogP contribution in [0.4, 0.5) is 11.5 Å². The van der Waals surface area contributed by atoms with E-state index in [1.54, 1.807) is 14.0 Å². The average Bonchev–Trinajstić information content (AvgIpc) is 2.67. The van der Waals surface area contributed by atoms with E-state index in [1.165, 1.54) is 4.68 Å². The fraction of sp³-hybridized carbons (Fsp3) is 0.727. The van der Waals surface area contributed by atoms with E-state index in [2.05, 4.69) is 10.4 Å². The number of nitro groups is 1. The molecule has 0 amide bonds. The maximum absolute atomic E-state index is 11.2. The summed E-state index contributed by atoms with van der Waals surface area (Å²) in [5.74, 6) is 0.0796. The van der Waals surface area contributed by atoms with Crippen LogP contribution in [0, 0.1) is 10.1 Å². The first kappa shape index (κ1) is 15.4. The summed E-state index contributed by atoms with van der Waals surface area (Å²) in [5.41, 5.74) is -0.800. The van der Waals surface area contributed by atoms with Crippen molar-refractivity contribution in [3.8, 4) is 0 Å². The summed E-state index contributed by atoms with van der Waals surface area (Å²) in [4.78, 5) is 10.7. The molecular formula is C11H20N4O4. The highest BCUT2D eigenvalue weighted by molar-refractivity contribution is 5.61. The number of hydrogen-bond donors (Lipinski definition) is 3. The highest BCUT2D eigenvalue weighted by atomic mass is 16.6. The minimum Gasteiger partial charge on any atom is -0.394 e. The first-order valence-corrected chi connectivity index (χ1v) is 5.97. The van der Waals surface area contributed by atoms with Gasteiger partial charge in [0.15, 0.2) is 0 Å². The minimum atomic E-state index is -1.05. The summed E-state index contributed by atoms with van der Waals surface area (Å²) >= 11 is 0. The summed E-state index contributed by atoms with van der Waals surface area (Å²) in [6, 6.07) is 0. The van der Waals surface area contributed by atoms with Crippen molar-refractivity contribution in [2.75, 3.05) is 18.5 Å². The molecule has 8 nitrogen and oxygen atoms in total. The van der Waals surface area contributed by atoms with Crippen LogP contribution in [-0.2, 0) is 7.05 Å². The Balaban J connectivity index is 3.31. The van der Waals surface area contributed by atoms with Crippen LogP contribution in [0.15, 0.2) is 0 Å². The molecule has 0 aromatic carbocycles. The molecule has 1 heterocycles. The van der Waals surface area contributed by atoms with E-state index >= 15 is 0 Å². The summed E-state index contributed by atoms with van der Waals surface area (Å²) in [6.07, 6.45) is 0. The van der Waals surface area contributed by atoms with Crippen LogP contribution in [0.3, 0.4) is 0 Å². The fourth-order valence-electron chi connectivity index (χ4n) is 1.66. The van der Waals surface area contributed by atoms with Gasteiger partial charge in [0.1, 0.15) is 5.69 Å². The van der Waals surface area contributed by atoms with Gasteiger partial charge in [-0.25, -0.2) is 4.68 Å². The van der Waals surface area contributed by atoms with E-state index in [0.29, 0.717) is 5.69 Å². The van der Waals surface area contributed by atoms with Crippen molar-refractivity contribution in [3.05, 3.63) is 15.8 Å². The molecule has 3 N–H and O–H groups in total. The fourth-order valence-corrected chi connectivity index (χ4v) is 1.66. The molecule has 0 saturated carbocycles. The van der Waals surface area contributed by atoms with E-state index < -0.39 is 10.5 Å². The molecule has 1 rings (SSSR count). The van der Waals surface area contributed by atoms with Crippen LogP contribution in [-0.4, -0.2) is 43.7 Å². The van der Waals surface area contributed by atoms with Crippen molar-refractivity contribution in [2.24, 2.45) is 7.05 Å². The van der Waals surface area contributed by atoms with E-state index in [-0.39, 0.29) is 30.6 Å². The molecule has 0 aliphatic rings. The molecule has 19 heavy (non-hydrogen) atoms. The third-order valence-corrected chi connectivity index (χ3v) is 2.90. The minimum absolute atomic E-state index is 0.100. The monoisotopic (exact) mass is 272 g/mol. The first-order valence-electron chi connectivity index (χ1n) is 5.97. The Morgan fingerprint density at radius 1 is 1.47 bits per heavy atom. The van der Waals surface area contributed by atoms with Crippen molar-refractivity contribution in [1.82, 2.24) is 9.78 Å². The second kappa shape index (κ2) is 5.54. The Kier molecular flexibility index (Phi) is 4.48. The topological polar surface area (TPSA) is 113 Å². The Labute approximate surface area is 111 Å². The third kappa shape index (κ3) is 3.02. The van der Waals surface area contributed by atoms with Crippen LogP contribution < -0.4 is 5.32 Å². The molecule has 0 saturated heterocycles. The van der Waals surface area contributed by atoms with Gasteiger partial charge in [-0.05, 0) is 6.92 Å². The molecule has 0 bridgehead atoms. The lowest BCUT2D eigenvalue weighted by Gasteiger charge is -2.26. The summed E-state index contributed by atoms with van der Waals surface area (Å²) < 4.78 is 1.36. The molecule has 0 unspecified atom stereocenters. The van der Waals surface area contributed by atoms with Gasteiger partial charge in [0.05, 0.1) is 23.7 Å². The summed E-state index contributed by atoms with van der Waals surface area (Å²) in [5, 5.41) is 36.7. The third-order valence-electron chi connectivity index (χ3n) is 2.90. The van der Waals surface area contributed by atoms with Crippen molar-refractivity contribution in [1.29, 1.82) is 0 Å². The Morgan fingerprint density at radius 3 is 2.37 bits per heavy atom. The lowest BCUT2D eigenvalue weighted by molar-refractivity contribution is -0.384. The lowest BCUT2D eigenvalue weighted by Crippen LogP contribution is -2.43. The van der Waals surface area contributed by atoms with Gasteiger partial charge in [-0.15, -0.1) is 0 Å². The number of rotatable bonds is 6. The Morgan fingerprint density at radius 2 is 2.00 bits per heavy atom. The largest absolute Gasteiger partial charge is 0.394 e. The summed E-state index contributed by atoms with van der Waals surface area (Å²) in [7, 11) is 1.58. The molecule has 108 valence electrons. The van der Waals surface area contributed by atoms with E-state index in [4.69, 9.17) is 0 Å². The van der Waals surface area contributed by atoms with Crippen LogP contribution in [0.1, 0.15) is 32.4 Å². The quantitative estimate of drug-likeness (QED) is 0.516. The molecule has 0 fully saturated rings. The van der Waals surface area contributed by atoms with Crippen molar-refractivity contribution in [3.63, 3.8) is 0 Å². The predicted octanol–water partition coefficient (Wildman–Crippen LogP) is 0.607. The number of aromatic nitrogens is 2. The first-order chi connectivity index (χ1) is 8.75. The molecular weight excluding hydrogens is 252 g/mol. The number of anilines is 1. The second-order valence-corrected chi connectivity index (χ2v) is 5.12. The number of aliphatic hydroxyl groups is 2. The maximum atomic E-state index is 11.2. The zero-order valence-electron chi connectivity index (χ0n) is 11.5. The lowest BCUT2D eigenvalue weighted by atomic mass is 10.0. The van der Waals surface area contributed by atoms with Gasteiger partial charge in [0, 0.05) is 13.0 Å². The zero-order valence-corrected chi connectivity index (χ0v) is 11.5. The molecule has 0 aliphatic carbocycles. The standard InChI is InChI=1S/C11H20N4O4/c1-7(2)8-9(15(18)19)10(14(4)13-8)12-11(3,5-16)6-17/h7,12,16-17H,5-6H2,1-4H3. The predicted molar refractivity (Wildman–Crippen MR) is 70.2 cm³/mol. The van der Waals surface area contributed by atoms with Gasteiger partial charge in [-0.1, -0.05) is 13.8 Å². The maximum Gasteiger partial charge on any atom is 0.334 e. The molecule has 0 atom stereocenters. The van der Waals surface area contributed by atoms with Gasteiger partial charge < -0.3 is 15.5 Å². The highest BCUT2D eigenvalue weighted by Gasteiger charge is 2.33. The molecule has 1 aromatic rings. The highest BCUT2D eigenvalue weighted by Crippen LogP contribution is 2.34. The van der Waals surface area contributed by atoms with Gasteiger partial charge in [-0.3, -0.25) is 10.1 Å². The SMILES string of the molecule is CC(C)c1nn(C)c(NC(C)(CO)CO)c1[N+](=O)[O-]. The number of aryl methyl sites for hydroxylation is 1. The zero-order chi connectivity index (χ0) is 14.8. The van der Waals surface area contributed by atoms with Crippen molar-refractivity contribution in [2.45, 2.75) is 32.2 Å². The second-order valence-electron chi connectivity index (χ2n) is 5.12. The van der Waals surface area contributed by atoms with E-state index in [9.17, 15) is 20.3 Å². The average molecular weight is 272 g/mol. The Hall–Kier alpha value is -1.67. The molecule has 1 aromatic heterocycles. The van der Waals surface area contributed by atoms with Crippen molar-refractivity contribution < 1.29 is 15.1 Å².